The maximum atomic E-state index is 15.2. The topological polar surface area (TPSA) is 0 Å². The van der Waals surface area contributed by atoms with Crippen LogP contribution in [0.5, 0.6) is 0 Å². The van der Waals surface area contributed by atoms with E-state index in [-0.39, 0.29) is 0 Å². The smallest absolute Gasteiger partial charge is 0.244 e. The normalized spacial score (nSPS) is 12.8. The third-order valence-electron chi connectivity index (χ3n) is 4.04. The molecule has 3 rings (SSSR count). The van der Waals surface area contributed by atoms with Crippen molar-refractivity contribution in [1.82, 2.24) is 0 Å². The van der Waals surface area contributed by atoms with Crippen LogP contribution in [0.2, 0.25) is 0 Å². The van der Waals surface area contributed by atoms with E-state index < -0.39 is 19.8 Å². The molecule has 3 aromatic rings. The molecule has 0 amide bonds. The first kappa shape index (κ1) is 15.8. The van der Waals surface area contributed by atoms with Gasteiger partial charge in [0.25, 0.3) is 0 Å². The Balaban J connectivity index is 2.35. The minimum atomic E-state index is -2.69. The van der Waals surface area contributed by atoms with Crippen LogP contribution in [0, 0.1) is 0 Å². The van der Waals surface area contributed by atoms with Crippen LogP contribution in [-0.2, 0) is 0 Å². The zero-order chi connectivity index (χ0) is 16.1. The molecule has 0 radical (unpaired) electrons. The summed E-state index contributed by atoms with van der Waals surface area (Å²) in [5.41, 5.74) is 0. The molecule has 0 saturated heterocycles. The largest absolute Gasteiger partial charge is 0.247 e. The van der Waals surface area contributed by atoms with Crippen LogP contribution in [-0.4, -0.2) is 12.6 Å². The van der Waals surface area contributed by atoms with Gasteiger partial charge in [-0.05, 0) is 36.4 Å². The van der Waals surface area contributed by atoms with Crippen molar-refractivity contribution in [3.05, 3.63) is 91.0 Å². The summed E-state index contributed by atoms with van der Waals surface area (Å²) in [6.07, 6.45) is 0. The molecule has 0 spiro atoms. The fraction of sp³-hybridized carbons (Fsp3) is 0.100. The van der Waals surface area contributed by atoms with Crippen LogP contribution in [0.25, 0.3) is 0 Å². The van der Waals surface area contributed by atoms with E-state index in [0.717, 1.165) is 15.9 Å². The predicted octanol–water partition coefficient (Wildman–Crippen LogP) is 4.25. The van der Waals surface area contributed by atoms with Gasteiger partial charge in [-0.2, -0.15) is 4.39 Å². The van der Waals surface area contributed by atoms with Crippen molar-refractivity contribution in [1.29, 1.82) is 0 Å². The first-order chi connectivity index (χ1) is 11.3. The summed E-state index contributed by atoms with van der Waals surface area (Å²) in [4.78, 5) is 0. The number of halogens is 2. The van der Waals surface area contributed by atoms with Crippen molar-refractivity contribution >= 4 is 23.2 Å². The maximum Gasteiger partial charge on any atom is 0.247 e. The van der Waals surface area contributed by atoms with E-state index in [0.29, 0.717) is 0 Å². The summed E-state index contributed by atoms with van der Waals surface area (Å²) in [5, 5.41) is 2.59. The second-order valence-electron chi connectivity index (χ2n) is 5.32. The molecule has 3 heteroatoms. The Morgan fingerprint density at radius 1 is 0.609 bits per heavy atom. The lowest BCUT2D eigenvalue weighted by Crippen LogP contribution is -2.37. The highest BCUT2D eigenvalue weighted by Crippen LogP contribution is 2.60. The zero-order valence-electron chi connectivity index (χ0n) is 12.6. The van der Waals surface area contributed by atoms with Crippen molar-refractivity contribution in [2.75, 3.05) is 6.67 Å². The molecule has 0 fully saturated rings. The number of benzene rings is 3. The Bertz CT molecular complexity index is 633. The fourth-order valence-corrected chi connectivity index (χ4v) is 7.02. The lowest BCUT2D eigenvalue weighted by atomic mass is 10.4. The highest BCUT2D eigenvalue weighted by Gasteiger charge is 2.53. The summed E-state index contributed by atoms with van der Waals surface area (Å²) in [6.45, 7) is -0.994. The third kappa shape index (κ3) is 2.80. The van der Waals surface area contributed by atoms with Crippen LogP contribution in [0.1, 0.15) is 0 Å². The molecule has 0 aliphatic rings. The van der Waals surface area contributed by atoms with Crippen LogP contribution in [0.3, 0.4) is 0 Å². The SMILES string of the molecule is FCC(F)[P+](c1ccccc1)(c1ccccc1)c1ccccc1. The molecule has 0 saturated carbocycles. The molecule has 0 aliphatic carbocycles. The molecular formula is C20H18F2P+. The number of alkyl halides is 2. The van der Waals surface area contributed by atoms with Gasteiger partial charge in [0, 0.05) is 0 Å². The molecule has 1 atom stereocenters. The number of hydrogen-bond acceptors (Lipinski definition) is 0. The summed E-state index contributed by atoms with van der Waals surface area (Å²) in [5.74, 6) is -1.56. The first-order valence-electron chi connectivity index (χ1n) is 7.55. The van der Waals surface area contributed by atoms with E-state index in [1.807, 2.05) is 91.0 Å². The Morgan fingerprint density at radius 3 is 1.17 bits per heavy atom. The Morgan fingerprint density at radius 2 is 0.913 bits per heavy atom. The third-order valence-corrected chi connectivity index (χ3v) is 8.35. The number of hydrogen-bond donors (Lipinski definition) is 0. The summed E-state index contributed by atoms with van der Waals surface area (Å²) in [6, 6.07) is 28.5. The van der Waals surface area contributed by atoms with E-state index in [9.17, 15) is 4.39 Å². The molecule has 0 nitrogen and oxygen atoms in total. The molecule has 116 valence electrons. The van der Waals surface area contributed by atoms with Gasteiger partial charge in [0.1, 0.15) is 23.2 Å². The van der Waals surface area contributed by atoms with Gasteiger partial charge in [0.15, 0.2) is 6.67 Å². The Labute approximate surface area is 136 Å². The molecule has 1 unspecified atom stereocenters. The summed E-state index contributed by atoms with van der Waals surface area (Å²) >= 11 is 0. The van der Waals surface area contributed by atoms with Crippen molar-refractivity contribution in [3.8, 4) is 0 Å². The van der Waals surface area contributed by atoms with Gasteiger partial charge in [-0.25, -0.2) is 4.39 Å². The minimum absolute atomic E-state index is 0.863. The Kier molecular flexibility index (Phi) is 4.83. The van der Waals surface area contributed by atoms with Crippen LogP contribution in [0.15, 0.2) is 91.0 Å². The summed E-state index contributed by atoms with van der Waals surface area (Å²) in [7, 11) is -2.69. The summed E-state index contributed by atoms with van der Waals surface area (Å²) < 4.78 is 28.8. The van der Waals surface area contributed by atoms with Gasteiger partial charge in [-0.3, -0.25) is 0 Å². The average molecular weight is 327 g/mol. The number of rotatable bonds is 5. The van der Waals surface area contributed by atoms with Crippen LogP contribution < -0.4 is 15.9 Å². The van der Waals surface area contributed by atoms with Gasteiger partial charge in [0.05, 0.1) is 0 Å². The van der Waals surface area contributed by atoms with Crippen molar-refractivity contribution in [2.45, 2.75) is 5.91 Å². The van der Waals surface area contributed by atoms with Crippen LogP contribution >= 0.6 is 7.26 Å². The van der Waals surface area contributed by atoms with E-state index >= 15 is 4.39 Å². The quantitative estimate of drug-likeness (QED) is 0.615. The molecule has 23 heavy (non-hydrogen) atoms. The molecule has 0 N–H and O–H groups in total. The molecule has 0 aliphatic heterocycles. The van der Waals surface area contributed by atoms with Crippen molar-refractivity contribution in [3.63, 3.8) is 0 Å². The average Bonchev–Trinajstić information content (AvgIpc) is 2.65. The first-order valence-corrected chi connectivity index (χ1v) is 9.41. The fourth-order valence-electron chi connectivity index (χ4n) is 3.03. The minimum Gasteiger partial charge on any atom is -0.244 e. The van der Waals surface area contributed by atoms with Crippen molar-refractivity contribution in [2.24, 2.45) is 0 Å². The molecule has 0 aromatic heterocycles. The van der Waals surface area contributed by atoms with E-state index in [1.54, 1.807) is 0 Å². The molecule has 3 aromatic carbocycles. The second-order valence-corrected chi connectivity index (χ2v) is 8.87. The molecule has 0 heterocycles. The van der Waals surface area contributed by atoms with Gasteiger partial charge in [-0.15, -0.1) is 0 Å². The maximum absolute atomic E-state index is 15.2. The predicted molar refractivity (Wildman–Crippen MR) is 96.0 cm³/mol. The van der Waals surface area contributed by atoms with E-state index in [2.05, 4.69) is 0 Å². The van der Waals surface area contributed by atoms with Gasteiger partial charge >= 0.3 is 0 Å². The molecule has 0 bridgehead atoms. The zero-order valence-corrected chi connectivity index (χ0v) is 13.5. The Hall–Kier alpha value is -2.05. The molecular weight excluding hydrogens is 309 g/mol. The van der Waals surface area contributed by atoms with E-state index in [1.165, 1.54) is 0 Å². The second kappa shape index (κ2) is 7.02. The monoisotopic (exact) mass is 327 g/mol. The lowest BCUT2D eigenvalue weighted by molar-refractivity contribution is 0.343. The van der Waals surface area contributed by atoms with Crippen LogP contribution in [0.4, 0.5) is 8.78 Å². The lowest BCUT2D eigenvalue weighted by Gasteiger charge is -2.29. The van der Waals surface area contributed by atoms with Crippen molar-refractivity contribution < 1.29 is 8.78 Å². The van der Waals surface area contributed by atoms with Gasteiger partial charge in [0.2, 0.25) is 5.91 Å². The standard InChI is InChI=1S/C20H18F2P/c21-16-20(22)23(17-10-4-1-5-11-17,18-12-6-2-7-13-18)19-14-8-3-9-15-19/h1-15,20H,16H2/q+1. The van der Waals surface area contributed by atoms with Gasteiger partial charge in [-0.1, -0.05) is 54.6 Å². The van der Waals surface area contributed by atoms with Gasteiger partial charge < -0.3 is 0 Å². The highest BCUT2D eigenvalue weighted by atomic mass is 31.2. The van der Waals surface area contributed by atoms with E-state index in [4.69, 9.17) is 0 Å². The highest BCUT2D eigenvalue weighted by molar-refractivity contribution is 7.96.